The zero-order chi connectivity index (χ0) is 13.0. The van der Waals surface area contributed by atoms with Crippen molar-refractivity contribution >= 4 is 17.4 Å². The van der Waals surface area contributed by atoms with Crippen molar-refractivity contribution in [3.05, 3.63) is 29.3 Å². The average molecular weight is 260 g/mol. The van der Waals surface area contributed by atoms with Crippen LogP contribution in [0.2, 0.25) is 0 Å². The Morgan fingerprint density at radius 1 is 1.39 bits per heavy atom. The minimum absolute atomic E-state index is 0.519. The van der Waals surface area contributed by atoms with Crippen molar-refractivity contribution in [1.82, 2.24) is 0 Å². The molecule has 0 spiro atoms. The van der Waals surface area contributed by atoms with E-state index in [0.29, 0.717) is 6.04 Å². The zero-order valence-corrected chi connectivity index (χ0v) is 11.9. The first-order valence-electron chi connectivity index (χ1n) is 6.53. The summed E-state index contributed by atoms with van der Waals surface area (Å²) >= 11 is 1.97. The van der Waals surface area contributed by atoms with Gasteiger partial charge in [0.2, 0.25) is 0 Å². The molecule has 0 aliphatic heterocycles. The molecular weight excluding hydrogens is 240 g/mol. The highest BCUT2D eigenvalue weighted by atomic mass is 32.2. The molecule has 1 fully saturated rings. The van der Waals surface area contributed by atoms with Crippen LogP contribution in [0.1, 0.15) is 36.8 Å². The maximum atomic E-state index is 9.14. The number of hydrogen-bond acceptors (Lipinski definition) is 3. The molecule has 0 bridgehead atoms. The van der Waals surface area contributed by atoms with Gasteiger partial charge in [0.15, 0.2) is 0 Å². The summed E-state index contributed by atoms with van der Waals surface area (Å²) < 4.78 is 0. The highest BCUT2D eigenvalue weighted by molar-refractivity contribution is 7.99. The summed E-state index contributed by atoms with van der Waals surface area (Å²) in [5.74, 6) is 0. The highest BCUT2D eigenvalue weighted by Crippen LogP contribution is 2.29. The molecule has 1 saturated carbocycles. The second-order valence-corrected chi connectivity index (χ2v) is 6.16. The molecule has 0 aromatic heterocycles. The summed E-state index contributed by atoms with van der Waals surface area (Å²) in [4.78, 5) is 0. The van der Waals surface area contributed by atoms with E-state index in [0.717, 1.165) is 16.5 Å². The number of nitriles is 1. The molecule has 1 aromatic rings. The third-order valence-electron chi connectivity index (χ3n) is 3.61. The highest BCUT2D eigenvalue weighted by Gasteiger charge is 2.21. The monoisotopic (exact) mass is 260 g/mol. The van der Waals surface area contributed by atoms with Crippen LogP contribution in [0.15, 0.2) is 18.2 Å². The third-order valence-corrected chi connectivity index (χ3v) is 4.71. The topological polar surface area (TPSA) is 35.8 Å². The van der Waals surface area contributed by atoms with Gasteiger partial charge >= 0.3 is 0 Å². The second kappa shape index (κ2) is 6.15. The Morgan fingerprint density at radius 3 is 2.94 bits per heavy atom. The number of nitrogens with zero attached hydrogens (tertiary/aromatic N) is 1. The normalized spacial score (nSPS) is 23.4. The number of rotatable bonds is 3. The number of benzene rings is 1. The van der Waals surface area contributed by atoms with Gasteiger partial charge < -0.3 is 5.32 Å². The van der Waals surface area contributed by atoms with Crippen LogP contribution in [0.25, 0.3) is 0 Å². The fraction of sp³-hybridized carbons (Fsp3) is 0.533. The average Bonchev–Trinajstić information content (AvgIpc) is 2.39. The smallest absolute Gasteiger partial charge is 0.101 e. The van der Waals surface area contributed by atoms with E-state index in [-0.39, 0.29) is 0 Å². The van der Waals surface area contributed by atoms with E-state index in [1.54, 1.807) is 0 Å². The van der Waals surface area contributed by atoms with Gasteiger partial charge in [-0.15, -0.1) is 0 Å². The third kappa shape index (κ3) is 3.20. The van der Waals surface area contributed by atoms with Crippen molar-refractivity contribution in [3.63, 3.8) is 0 Å². The van der Waals surface area contributed by atoms with Crippen LogP contribution in [-0.2, 0) is 0 Å². The molecule has 3 heteroatoms. The quantitative estimate of drug-likeness (QED) is 0.893. The van der Waals surface area contributed by atoms with Gasteiger partial charge in [-0.05, 0) is 50.1 Å². The largest absolute Gasteiger partial charge is 0.381 e. The number of anilines is 1. The summed E-state index contributed by atoms with van der Waals surface area (Å²) in [6, 6.07) is 8.78. The molecule has 2 rings (SSSR count). The van der Waals surface area contributed by atoms with E-state index >= 15 is 0 Å². The molecule has 18 heavy (non-hydrogen) atoms. The van der Waals surface area contributed by atoms with Crippen LogP contribution in [0.4, 0.5) is 5.69 Å². The van der Waals surface area contributed by atoms with Crippen molar-refractivity contribution in [2.75, 3.05) is 11.6 Å². The van der Waals surface area contributed by atoms with Crippen molar-refractivity contribution in [2.24, 2.45) is 0 Å². The number of nitrogens with one attached hydrogen (secondary N) is 1. The molecular formula is C15H20N2S. The molecule has 2 unspecified atom stereocenters. The predicted molar refractivity (Wildman–Crippen MR) is 79.1 cm³/mol. The Labute approximate surface area is 114 Å². The van der Waals surface area contributed by atoms with Gasteiger partial charge in [-0.1, -0.05) is 12.5 Å². The molecule has 1 aliphatic carbocycles. The van der Waals surface area contributed by atoms with Gasteiger partial charge in [-0.3, -0.25) is 0 Å². The van der Waals surface area contributed by atoms with Crippen LogP contribution in [0.3, 0.4) is 0 Å². The minimum Gasteiger partial charge on any atom is -0.381 e. The van der Waals surface area contributed by atoms with Crippen molar-refractivity contribution in [3.8, 4) is 6.07 Å². The van der Waals surface area contributed by atoms with E-state index < -0.39 is 0 Å². The lowest BCUT2D eigenvalue weighted by Gasteiger charge is -2.29. The van der Waals surface area contributed by atoms with Crippen LogP contribution in [-0.4, -0.2) is 17.5 Å². The molecule has 0 radical (unpaired) electrons. The summed E-state index contributed by atoms with van der Waals surface area (Å²) in [6.45, 7) is 2.07. The zero-order valence-electron chi connectivity index (χ0n) is 11.1. The second-order valence-electron chi connectivity index (χ2n) is 5.03. The van der Waals surface area contributed by atoms with Gasteiger partial charge in [-0.2, -0.15) is 17.0 Å². The lowest BCUT2D eigenvalue weighted by Crippen LogP contribution is -2.28. The molecule has 96 valence electrons. The minimum atomic E-state index is 0.519. The fourth-order valence-electron chi connectivity index (χ4n) is 2.59. The van der Waals surface area contributed by atoms with Crippen molar-refractivity contribution in [2.45, 2.75) is 43.9 Å². The first-order valence-corrected chi connectivity index (χ1v) is 7.82. The van der Waals surface area contributed by atoms with Gasteiger partial charge in [0.1, 0.15) is 6.07 Å². The molecule has 0 amide bonds. The van der Waals surface area contributed by atoms with E-state index in [9.17, 15) is 0 Å². The summed E-state index contributed by atoms with van der Waals surface area (Å²) in [5, 5.41) is 13.5. The molecule has 2 nitrogen and oxygen atoms in total. The molecule has 0 saturated heterocycles. The maximum Gasteiger partial charge on any atom is 0.101 e. The first-order chi connectivity index (χ1) is 8.72. The van der Waals surface area contributed by atoms with Gasteiger partial charge in [0.25, 0.3) is 0 Å². The number of aryl methyl sites for hydroxylation is 1. The Balaban J connectivity index is 2.09. The van der Waals surface area contributed by atoms with Crippen LogP contribution >= 0.6 is 11.8 Å². The van der Waals surface area contributed by atoms with Crippen LogP contribution < -0.4 is 5.32 Å². The lowest BCUT2D eigenvalue weighted by atomic mass is 9.94. The molecule has 2 atom stereocenters. The molecule has 1 aromatic carbocycles. The van der Waals surface area contributed by atoms with Crippen LogP contribution in [0.5, 0.6) is 0 Å². The van der Waals surface area contributed by atoms with Crippen molar-refractivity contribution < 1.29 is 0 Å². The molecule has 1 N–H and O–H groups in total. The summed E-state index contributed by atoms with van der Waals surface area (Å²) in [6.07, 6.45) is 7.24. The Kier molecular flexibility index (Phi) is 4.54. The molecule has 0 heterocycles. The lowest BCUT2D eigenvalue weighted by molar-refractivity contribution is 0.473. The fourth-order valence-corrected chi connectivity index (χ4v) is 3.41. The summed E-state index contributed by atoms with van der Waals surface area (Å²) in [5.41, 5.74) is 2.96. The van der Waals surface area contributed by atoms with E-state index in [2.05, 4.69) is 30.6 Å². The standard InChI is InChI=1S/C15H20N2S/c1-11-6-7-12(10-16)15(8-11)17-13-4-3-5-14(9-13)18-2/h6-8,13-14,17H,3-5,9H2,1-2H3. The number of hydrogen-bond donors (Lipinski definition) is 1. The van der Waals surface area contributed by atoms with E-state index in [1.165, 1.54) is 31.2 Å². The van der Waals surface area contributed by atoms with Gasteiger partial charge in [-0.25, -0.2) is 0 Å². The SMILES string of the molecule is CSC1CCCC(Nc2cc(C)ccc2C#N)C1. The maximum absolute atomic E-state index is 9.14. The van der Waals surface area contributed by atoms with E-state index in [1.807, 2.05) is 23.9 Å². The van der Waals surface area contributed by atoms with E-state index in [4.69, 9.17) is 5.26 Å². The molecule has 1 aliphatic rings. The first kappa shape index (κ1) is 13.3. The summed E-state index contributed by atoms with van der Waals surface area (Å²) in [7, 11) is 0. The Bertz CT molecular complexity index is 450. The van der Waals surface area contributed by atoms with Crippen molar-refractivity contribution in [1.29, 1.82) is 5.26 Å². The number of thioether (sulfide) groups is 1. The van der Waals surface area contributed by atoms with Gasteiger partial charge in [0.05, 0.1) is 11.3 Å². The van der Waals surface area contributed by atoms with Gasteiger partial charge in [0, 0.05) is 11.3 Å². The Hall–Kier alpha value is -1.14. The predicted octanol–water partition coefficient (Wildman–Crippen LogP) is 3.95. The Morgan fingerprint density at radius 2 is 2.22 bits per heavy atom. The van der Waals surface area contributed by atoms with Crippen LogP contribution in [0, 0.1) is 18.3 Å².